The largest absolute Gasteiger partial charge is 0.492 e. The van der Waals surface area contributed by atoms with E-state index >= 15 is 0 Å². The van der Waals surface area contributed by atoms with Crippen LogP contribution >= 0.6 is 0 Å². The Balaban J connectivity index is 1.47. The molecule has 0 amide bonds. The molecular formula is C16H21N3O3S. The van der Waals surface area contributed by atoms with Gasteiger partial charge in [0.15, 0.2) is 9.84 Å². The number of nitrogens with zero attached hydrogens (tertiary/aromatic N) is 2. The molecule has 1 atom stereocenters. The zero-order valence-electron chi connectivity index (χ0n) is 12.9. The second-order valence-electron chi connectivity index (χ2n) is 5.78. The molecule has 1 aromatic carbocycles. The molecule has 124 valence electrons. The van der Waals surface area contributed by atoms with Crippen LogP contribution in [0.15, 0.2) is 43.0 Å². The van der Waals surface area contributed by atoms with Crippen molar-refractivity contribution in [3.8, 4) is 5.75 Å². The molecule has 23 heavy (non-hydrogen) atoms. The van der Waals surface area contributed by atoms with Gasteiger partial charge in [0.2, 0.25) is 0 Å². The summed E-state index contributed by atoms with van der Waals surface area (Å²) < 4.78 is 30.6. The van der Waals surface area contributed by atoms with Crippen molar-refractivity contribution in [3.63, 3.8) is 0 Å². The number of imidazole rings is 1. The summed E-state index contributed by atoms with van der Waals surface area (Å²) in [7, 11) is -2.84. The summed E-state index contributed by atoms with van der Waals surface area (Å²) in [5.74, 6) is 1.36. The van der Waals surface area contributed by atoms with Crippen molar-refractivity contribution < 1.29 is 13.2 Å². The summed E-state index contributed by atoms with van der Waals surface area (Å²) in [6.07, 6.45) is 6.11. The van der Waals surface area contributed by atoms with Crippen LogP contribution in [0.2, 0.25) is 0 Å². The van der Waals surface area contributed by atoms with E-state index in [1.807, 2.05) is 35.0 Å². The molecule has 2 heterocycles. The normalized spacial score (nSPS) is 19.7. The van der Waals surface area contributed by atoms with Crippen LogP contribution in [0, 0.1) is 0 Å². The Morgan fingerprint density at radius 2 is 2.30 bits per heavy atom. The van der Waals surface area contributed by atoms with E-state index in [4.69, 9.17) is 4.74 Å². The number of ether oxygens (including phenoxy) is 1. The second-order valence-corrected chi connectivity index (χ2v) is 8.01. The van der Waals surface area contributed by atoms with Crippen LogP contribution in [0.25, 0.3) is 0 Å². The fourth-order valence-electron chi connectivity index (χ4n) is 2.65. The van der Waals surface area contributed by atoms with E-state index in [9.17, 15) is 8.42 Å². The van der Waals surface area contributed by atoms with Gasteiger partial charge in [-0.15, -0.1) is 0 Å². The Hall–Kier alpha value is -1.86. The van der Waals surface area contributed by atoms with Gasteiger partial charge in [-0.05, 0) is 24.1 Å². The van der Waals surface area contributed by atoms with Crippen LogP contribution in [-0.2, 0) is 22.9 Å². The number of sulfone groups is 1. The molecule has 1 aliphatic rings. The van der Waals surface area contributed by atoms with E-state index in [0.29, 0.717) is 25.3 Å². The zero-order valence-corrected chi connectivity index (χ0v) is 13.7. The average Bonchev–Trinajstić information content (AvgIpc) is 3.15. The van der Waals surface area contributed by atoms with Crippen molar-refractivity contribution in [2.24, 2.45) is 0 Å². The van der Waals surface area contributed by atoms with Crippen molar-refractivity contribution in [2.75, 3.05) is 18.1 Å². The maximum Gasteiger partial charge on any atom is 0.151 e. The molecule has 0 bridgehead atoms. The maximum absolute atomic E-state index is 11.5. The first kappa shape index (κ1) is 16.0. The predicted octanol–water partition coefficient (Wildman–Crippen LogP) is 1.24. The Bertz CT molecular complexity index is 729. The van der Waals surface area contributed by atoms with Gasteiger partial charge in [-0.25, -0.2) is 13.4 Å². The van der Waals surface area contributed by atoms with Crippen molar-refractivity contribution in [1.82, 2.24) is 14.9 Å². The minimum absolute atomic E-state index is 0.0609. The highest BCUT2D eigenvalue weighted by Gasteiger charge is 2.27. The molecule has 0 unspecified atom stereocenters. The number of rotatable bonds is 7. The van der Waals surface area contributed by atoms with E-state index in [0.717, 1.165) is 17.9 Å². The van der Waals surface area contributed by atoms with Gasteiger partial charge >= 0.3 is 0 Å². The zero-order chi connectivity index (χ0) is 16.1. The summed E-state index contributed by atoms with van der Waals surface area (Å²) in [4.78, 5) is 3.99. The molecule has 1 N–H and O–H groups in total. The Morgan fingerprint density at radius 3 is 3.04 bits per heavy atom. The lowest BCUT2D eigenvalue weighted by Gasteiger charge is -2.12. The minimum atomic E-state index is -2.84. The summed E-state index contributed by atoms with van der Waals surface area (Å²) in [5, 5.41) is 3.31. The second kappa shape index (κ2) is 7.14. The van der Waals surface area contributed by atoms with Gasteiger partial charge in [0, 0.05) is 25.0 Å². The molecule has 0 spiro atoms. The predicted molar refractivity (Wildman–Crippen MR) is 88.1 cm³/mol. The topological polar surface area (TPSA) is 73.2 Å². The van der Waals surface area contributed by atoms with Crippen LogP contribution in [-0.4, -0.2) is 42.1 Å². The highest BCUT2D eigenvalue weighted by atomic mass is 32.2. The standard InChI is InChI=1S/C16H21N3O3S/c20-23(21)9-4-15(12-23)18-11-14-2-1-3-16(10-14)22-8-7-19-6-5-17-13-19/h1-3,5-6,10,13,15,18H,4,7-9,11-12H2/t15-/m1/s1. The first-order valence-corrected chi connectivity index (χ1v) is 9.54. The van der Waals surface area contributed by atoms with Crippen LogP contribution in [0.1, 0.15) is 12.0 Å². The molecule has 3 rings (SSSR count). The number of nitrogens with one attached hydrogen (secondary N) is 1. The highest BCUT2D eigenvalue weighted by Crippen LogP contribution is 2.15. The maximum atomic E-state index is 11.5. The van der Waals surface area contributed by atoms with Crippen molar-refractivity contribution >= 4 is 9.84 Å². The minimum Gasteiger partial charge on any atom is -0.492 e. The van der Waals surface area contributed by atoms with E-state index in [2.05, 4.69) is 10.3 Å². The smallest absolute Gasteiger partial charge is 0.151 e. The first-order valence-electron chi connectivity index (χ1n) is 7.72. The molecular weight excluding hydrogens is 314 g/mol. The van der Waals surface area contributed by atoms with Crippen molar-refractivity contribution in [1.29, 1.82) is 0 Å². The summed E-state index contributed by atoms with van der Waals surface area (Å²) in [6.45, 7) is 1.98. The van der Waals surface area contributed by atoms with Gasteiger partial charge in [-0.3, -0.25) is 0 Å². The van der Waals surface area contributed by atoms with Crippen LogP contribution < -0.4 is 10.1 Å². The molecule has 0 radical (unpaired) electrons. The quantitative estimate of drug-likeness (QED) is 0.824. The third-order valence-corrected chi connectivity index (χ3v) is 5.67. The highest BCUT2D eigenvalue weighted by molar-refractivity contribution is 7.91. The molecule has 0 saturated carbocycles. The van der Waals surface area contributed by atoms with Gasteiger partial charge in [-0.1, -0.05) is 12.1 Å². The van der Waals surface area contributed by atoms with E-state index < -0.39 is 9.84 Å². The Kier molecular flexibility index (Phi) is 4.97. The number of aromatic nitrogens is 2. The molecule has 1 fully saturated rings. The fourth-order valence-corrected chi connectivity index (χ4v) is 4.36. The fraction of sp³-hybridized carbons (Fsp3) is 0.438. The SMILES string of the molecule is O=S1(=O)CC[C@@H](NCc2cccc(OCCn3ccnc3)c2)C1. The van der Waals surface area contributed by atoms with Gasteiger partial charge in [0.25, 0.3) is 0 Å². The number of hydrogen-bond donors (Lipinski definition) is 1. The first-order chi connectivity index (χ1) is 11.1. The molecule has 1 aromatic heterocycles. The monoisotopic (exact) mass is 335 g/mol. The summed E-state index contributed by atoms with van der Waals surface area (Å²) >= 11 is 0. The average molecular weight is 335 g/mol. The third kappa shape index (κ3) is 4.80. The Labute approximate surface area is 136 Å². The number of hydrogen-bond acceptors (Lipinski definition) is 5. The van der Waals surface area contributed by atoms with Gasteiger partial charge in [0.1, 0.15) is 12.4 Å². The van der Waals surface area contributed by atoms with Gasteiger partial charge in [0.05, 0.1) is 24.4 Å². The van der Waals surface area contributed by atoms with Crippen LogP contribution in [0.5, 0.6) is 5.75 Å². The third-order valence-electron chi connectivity index (χ3n) is 3.90. The number of benzene rings is 1. The van der Waals surface area contributed by atoms with Gasteiger partial charge < -0.3 is 14.6 Å². The molecule has 1 saturated heterocycles. The summed E-state index contributed by atoms with van der Waals surface area (Å²) in [6, 6.07) is 7.95. The lowest BCUT2D eigenvalue weighted by atomic mass is 10.2. The molecule has 1 aliphatic heterocycles. The van der Waals surface area contributed by atoms with E-state index in [1.54, 1.807) is 12.5 Å². The summed E-state index contributed by atoms with van der Waals surface area (Å²) in [5.41, 5.74) is 1.09. The molecule has 7 heteroatoms. The van der Waals surface area contributed by atoms with E-state index in [1.165, 1.54) is 0 Å². The lowest BCUT2D eigenvalue weighted by Crippen LogP contribution is -2.29. The molecule has 6 nitrogen and oxygen atoms in total. The van der Waals surface area contributed by atoms with E-state index in [-0.39, 0.29) is 11.8 Å². The van der Waals surface area contributed by atoms with Gasteiger partial charge in [-0.2, -0.15) is 0 Å². The van der Waals surface area contributed by atoms with Crippen molar-refractivity contribution in [3.05, 3.63) is 48.5 Å². The molecule has 2 aromatic rings. The van der Waals surface area contributed by atoms with Crippen LogP contribution in [0.3, 0.4) is 0 Å². The Morgan fingerprint density at radius 1 is 1.39 bits per heavy atom. The van der Waals surface area contributed by atoms with Crippen LogP contribution in [0.4, 0.5) is 0 Å². The lowest BCUT2D eigenvalue weighted by molar-refractivity contribution is 0.298. The molecule has 0 aliphatic carbocycles. The van der Waals surface area contributed by atoms with Crippen molar-refractivity contribution in [2.45, 2.75) is 25.6 Å².